The van der Waals surface area contributed by atoms with Gasteiger partial charge < -0.3 is 10.1 Å². The molecule has 2 aromatic carbocycles. The van der Waals surface area contributed by atoms with Crippen molar-refractivity contribution in [3.05, 3.63) is 76.5 Å². The van der Waals surface area contributed by atoms with Crippen LogP contribution in [0.5, 0.6) is 5.88 Å². The number of hydrogen-bond acceptors (Lipinski definition) is 9. The van der Waals surface area contributed by atoms with Gasteiger partial charge in [-0.15, -0.1) is 5.10 Å². The molecule has 1 amide bonds. The second kappa shape index (κ2) is 13.0. The summed E-state index contributed by atoms with van der Waals surface area (Å²) in [5.74, 6) is -0.553. The Morgan fingerprint density at radius 2 is 1.91 bits per heavy atom. The van der Waals surface area contributed by atoms with Crippen molar-refractivity contribution < 1.29 is 26.4 Å². The fraction of sp³-hybridized carbons (Fsp3) is 0.455. The number of fused-ring (bicyclic) bond motifs is 2. The van der Waals surface area contributed by atoms with Crippen LogP contribution in [0.1, 0.15) is 66.8 Å². The SMILES string of the molecule is CC[C@@H]1CN(Cc2cc(C(CC(=O)NC3CCS(=O)(=O)C3)c3ccc4c(nnn4CC)c3C)ccc2C)S(=O)(=O)c2cccnc2O1. The average molecular weight is 681 g/mol. The minimum atomic E-state index is -3.92. The smallest absolute Gasteiger partial charge is 0.248 e. The molecule has 0 saturated carbocycles. The van der Waals surface area contributed by atoms with Gasteiger partial charge in [-0.1, -0.05) is 36.4 Å². The van der Waals surface area contributed by atoms with Crippen molar-refractivity contribution in [1.29, 1.82) is 0 Å². The molecule has 1 fully saturated rings. The Morgan fingerprint density at radius 1 is 1.11 bits per heavy atom. The molecule has 1 N–H and O–H groups in total. The molecule has 4 heterocycles. The number of ether oxygens (including phenoxy) is 1. The highest BCUT2D eigenvalue weighted by molar-refractivity contribution is 7.91. The summed E-state index contributed by atoms with van der Waals surface area (Å²) in [6.07, 6.45) is 2.22. The summed E-state index contributed by atoms with van der Waals surface area (Å²) in [4.78, 5) is 17.8. The summed E-state index contributed by atoms with van der Waals surface area (Å²) in [6, 6.07) is 12.5. The number of carbonyl (C=O) groups is 1. The van der Waals surface area contributed by atoms with Crippen LogP contribution in [-0.4, -0.2) is 77.2 Å². The molecular formula is C33H40N6O6S2. The van der Waals surface area contributed by atoms with E-state index in [1.54, 1.807) is 6.07 Å². The molecule has 250 valence electrons. The van der Waals surface area contributed by atoms with E-state index in [0.29, 0.717) is 19.4 Å². The fourth-order valence-corrected chi connectivity index (χ4v) is 9.73. The molecule has 1 saturated heterocycles. The van der Waals surface area contributed by atoms with Crippen LogP contribution in [0.2, 0.25) is 0 Å². The van der Waals surface area contributed by atoms with E-state index in [2.05, 4.69) is 20.6 Å². The lowest BCUT2D eigenvalue weighted by atomic mass is 9.84. The number of nitrogens with zero attached hydrogens (tertiary/aromatic N) is 5. The zero-order valence-electron chi connectivity index (χ0n) is 27.0. The zero-order valence-corrected chi connectivity index (χ0v) is 28.6. The molecule has 12 nitrogen and oxygen atoms in total. The van der Waals surface area contributed by atoms with E-state index in [1.807, 2.05) is 62.7 Å². The van der Waals surface area contributed by atoms with E-state index in [9.17, 15) is 21.6 Å². The number of pyridine rings is 1. The first kappa shape index (κ1) is 33.0. The van der Waals surface area contributed by atoms with E-state index < -0.39 is 31.8 Å². The first-order chi connectivity index (χ1) is 22.4. The van der Waals surface area contributed by atoms with E-state index in [-0.39, 0.29) is 53.8 Å². The molecule has 0 bridgehead atoms. The monoisotopic (exact) mass is 680 g/mol. The predicted molar refractivity (Wildman–Crippen MR) is 177 cm³/mol. The van der Waals surface area contributed by atoms with Gasteiger partial charge in [0.05, 0.1) is 23.6 Å². The largest absolute Gasteiger partial charge is 0.472 e. The summed E-state index contributed by atoms with van der Waals surface area (Å²) >= 11 is 0. The standard InChI is InChI=1S/C33H40N6O6S2/c1-5-26-19-38(47(43,44)30-8-7-14-34-33(30)45-26)18-24-16-23(10-9-21(24)3)28(17-31(40)35-25-13-15-46(41,42)20-25)27-11-12-29-32(22(27)4)36-37-39(29)6-2/h7-12,14,16,25-26,28H,5-6,13,15,17-20H2,1-4H3,(H,35,40)/t25?,26-,28?/m1/s1. The third-order valence-corrected chi connectivity index (χ3v) is 12.9. The van der Waals surface area contributed by atoms with Crippen LogP contribution < -0.4 is 10.1 Å². The van der Waals surface area contributed by atoms with Gasteiger partial charge in [0.1, 0.15) is 16.5 Å². The maximum atomic E-state index is 13.9. The Hall–Kier alpha value is -3.88. The van der Waals surface area contributed by atoms with Crippen molar-refractivity contribution in [3.8, 4) is 5.88 Å². The number of hydrogen-bond donors (Lipinski definition) is 1. The van der Waals surface area contributed by atoms with Gasteiger partial charge in [0.15, 0.2) is 9.84 Å². The molecule has 14 heteroatoms. The summed E-state index contributed by atoms with van der Waals surface area (Å²) in [5.41, 5.74) is 5.98. The fourth-order valence-electron chi connectivity index (χ4n) is 6.53. The molecule has 0 spiro atoms. The lowest BCUT2D eigenvalue weighted by Gasteiger charge is -2.25. The van der Waals surface area contributed by atoms with Crippen molar-refractivity contribution in [2.24, 2.45) is 0 Å². The number of sulfonamides is 1. The highest BCUT2D eigenvalue weighted by Crippen LogP contribution is 2.36. The lowest BCUT2D eigenvalue weighted by molar-refractivity contribution is -0.121. The first-order valence-electron chi connectivity index (χ1n) is 15.9. The van der Waals surface area contributed by atoms with E-state index in [1.165, 1.54) is 16.6 Å². The van der Waals surface area contributed by atoms with Gasteiger partial charge in [0.2, 0.25) is 21.8 Å². The Morgan fingerprint density at radius 3 is 2.64 bits per heavy atom. The Bertz CT molecular complexity index is 2050. The number of amides is 1. The summed E-state index contributed by atoms with van der Waals surface area (Å²) < 4.78 is 61.2. The molecule has 3 atom stereocenters. The molecule has 2 aromatic heterocycles. The van der Waals surface area contributed by atoms with Crippen molar-refractivity contribution in [1.82, 2.24) is 29.6 Å². The number of aromatic nitrogens is 4. The van der Waals surface area contributed by atoms with Crippen LogP contribution in [-0.2, 0) is 37.7 Å². The molecule has 2 aliphatic rings. The first-order valence-corrected chi connectivity index (χ1v) is 19.2. The minimum Gasteiger partial charge on any atom is -0.472 e. The van der Waals surface area contributed by atoms with Crippen LogP contribution in [0.4, 0.5) is 0 Å². The predicted octanol–water partition coefficient (Wildman–Crippen LogP) is 3.65. The average Bonchev–Trinajstić information content (AvgIpc) is 3.59. The number of aryl methyl sites for hydroxylation is 3. The van der Waals surface area contributed by atoms with Gasteiger partial charge in [-0.2, -0.15) is 4.31 Å². The maximum absolute atomic E-state index is 13.9. The Kier molecular flexibility index (Phi) is 9.11. The van der Waals surface area contributed by atoms with Crippen molar-refractivity contribution in [3.63, 3.8) is 0 Å². The van der Waals surface area contributed by atoms with E-state index >= 15 is 0 Å². The summed E-state index contributed by atoms with van der Waals surface area (Å²) in [5, 5.41) is 11.7. The van der Waals surface area contributed by atoms with Crippen LogP contribution in [0.15, 0.2) is 53.6 Å². The molecule has 0 aliphatic carbocycles. The normalized spacial score (nSPS) is 21.1. The van der Waals surface area contributed by atoms with Gasteiger partial charge in [-0.05, 0) is 79.6 Å². The second-order valence-electron chi connectivity index (χ2n) is 12.4. The van der Waals surface area contributed by atoms with Crippen LogP contribution in [0.25, 0.3) is 11.0 Å². The molecule has 4 aromatic rings. The number of sulfone groups is 1. The van der Waals surface area contributed by atoms with Gasteiger partial charge >= 0.3 is 0 Å². The molecule has 47 heavy (non-hydrogen) atoms. The zero-order chi connectivity index (χ0) is 33.5. The van der Waals surface area contributed by atoms with Crippen molar-refractivity contribution in [2.45, 2.75) is 83.0 Å². The molecular weight excluding hydrogens is 641 g/mol. The number of benzene rings is 2. The number of nitrogens with one attached hydrogen (secondary N) is 1. The molecule has 2 aliphatic heterocycles. The number of rotatable bonds is 9. The second-order valence-corrected chi connectivity index (χ2v) is 16.6. The van der Waals surface area contributed by atoms with E-state index in [0.717, 1.165) is 38.9 Å². The Labute approximate surface area is 275 Å². The van der Waals surface area contributed by atoms with Crippen molar-refractivity contribution >= 4 is 36.8 Å². The molecule has 2 unspecified atom stereocenters. The summed E-state index contributed by atoms with van der Waals surface area (Å²) in [7, 11) is -7.09. The lowest BCUT2D eigenvalue weighted by Crippen LogP contribution is -2.37. The topological polar surface area (TPSA) is 153 Å². The number of carbonyl (C=O) groups excluding carboxylic acids is 1. The molecule has 6 rings (SSSR count). The third kappa shape index (κ3) is 6.63. The van der Waals surface area contributed by atoms with Crippen molar-refractivity contribution in [2.75, 3.05) is 18.1 Å². The highest BCUT2D eigenvalue weighted by Gasteiger charge is 2.36. The van der Waals surface area contributed by atoms with Gasteiger partial charge in [-0.25, -0.2) is 26.5 Å². The van der Waals surface area contributed by atoms with Gasteiger partial charge in [-0.3, -0.25) is 4.79 Å². The highest BCUT2D eigenvalue weighted by atomic mass is 32.2. The van der Waals surface area contributed by atoms with Crippen LogP contribution >= 0.6 is 0 Å². The third-order valence-electron chi connectivity index (χ3n) is 9.26. The van der Waals surface area contributed by atoms with Gasteiger partial charge in [0, 0.05) is 37.7 Å². The quantitative estimate of drug-likeness (QED) is 0.279. The van der Waals surface area contributed by atoms with Crippen LogP contribution in [0, 0.1) is 13.8 Å². The maximum Gasteiger partial charge on any atom is 0.248 e. The van der Waals surface area contributed by atoms with Gasteiger partial charge in [0.25, 0.3) is 0 Å². The minimum absolute atomic E-state index is 0.0392. The Balaban J connectivity index is 1.38. The summed E-state index contributed by atoms with van der Waals surface area (Å²) in [6.45, 7) is 8.79. The van der Waals surface area contributed by atoms with E-state index in [4.69, 9.17) is 4.74 Å². The van der Waals surface area contributed by atoms with Crippen LogP contribution in [0.3, 0.4) is 0 Å². The molecule has 0 radical (unpaired) electrons.